The summed E-state index contributed by atoms with van der Waals surface area (Å²) < 4.78 is 0. The molecule has 1 fully saturated rings. The molecular weight excluding hydrogens is 202 g/mol. The van der Waals surface area contributed by atoms with E-state index in [0.717, 1.165) is 32.2 Å². The molecule has 3 heteroatoms. The van der Waals surface area contributed by atoms with Crippen molar-refractivity contribution in [3.8, 4) is 0 Å². The molecule has 1 heterocycles. The zero-order valence-corrected chi connectivity index (χ0v) is 10.5. The highest BCUT2D eigenvalue weighted by Crippen LogP contribution is 2.26. The molecule has 16 heavy (non-hydrogen) atoms. The number of aliphatic hydroxyl groups is 2. The fourth-order valence-corrected chi connectivity index (χ4v) is 2.52. The number of nitrogens with zero attached hydrogens (tertiary/aromatic N) is 1. The summed E-state index contributed by atoms with van der Waals surface area (Å²) >= 11 is 0. The van der Waals surface area contributed by atoms with Crippen LogP contribution in [-0.4, -0.2) is 45.9 Å². The van der Waals surface area contributed by atoms with Crippen molar-refractivity contribution in [2.24, 2.45) is 0 Å². The van der Waals surface area contributed by atoms with Gasteiger partial charge in [0.25, 0.3) is 0 Å². The van der Waals surface area contributed by atoms with Crippen LogP contribution in [0.3, 0.4) is 0 Å². The van der Waals surface area contributed by atoms with Crippen LogP contribution in [0.2, 0.25) is 0 Å². The molecular formula is C13H25NO2. The van der Waals surface area contributed by atoms with E-state index in [1.54, 1.807) is 0 Å². The van der Waals surface area contributed by atoms with E-state index in [4.69, 9.17) is 0 Å². The van der Waals surface area contributed by atoms with E-state index in [-0.39, 0.29) is 12.1 Å². The highest BCUT2D eigenvalue weighted by Gasteiger charge is 2.36. The number of allylic oxidation sites excluding steroid dienone is 1. The summed E-state index contributed by atoms with van der Waals surface area (Å²) in [4.78, 5) is 2.22. The Bertz CT molecular complexity index is 222. The van der Waals surface area contributed by atoms with Gasteiger partial charge in [0.1, 0.15) is 0 Å². The van der Waals surface area contributed by atoms with Crippen molar-refractivity contribution in [2.45, 2.75) is 57.3 Å². The lowest BCUT2D eigenvalue weighted by atomic mass is 9.96. The topological polar surface area (TPSA) is 43.7 Å². The van der Waals surface area contributed by atoms with Gasteiger partial charge in [-0.2, -0.15) is 0 Å². The fourth-order valence-electron chi connectivity index (χ4n) is 2.52. The fraction of sp³-hybridized carbons (Fsp3) is 0.846. The van der Waals surface area contributed by atoms with Crippen LogP contribution >= 0.6 is 0 Å². The maximum absolute atomic E-state index is 10.0. The Hall–Kier alpha value is -0.380. The van der Waals surface area contributed by atoms with Crippen LogP contribution in [0.1, 0.15) is 39.5 Å². The van der Waals surface area contributed by atoms with Crippen molar-refractivity contribution >= 4 is 0 Å². The van der Waals surface area contributed by atoms with E-state index in [1.807, 2.05) is 19.9 Å². The zero-order valence-electron chi connectivity index (χ0n) is 10.5. The van der Waals surface area contributed by atoms with Crippen LogP contribution in [-0.2, 0) is 0 Å². The average molecular weight is 227 g/mol. The molecule has 2 N–H and O–H groups in total. The number of aliphatic hydroxyl groups excluding tert-OH is 1. The summed E-state index contributed by atoms with van der Waals surface area (Å²) in [7, 11) is 0. The van der Waals surface area contributed by atoms with Crippen molar-refractivity contribution in [2.75, 3.05) is 13.1 Å². The van der Waals surface area contributed by atoms with Gasteiger partial charge >= 0.3 is 0 Å². The highest BCUT2D eigenvalue weighted by molar-refractivity contribution is 4.91. The second-order valence-corrected chi connectivity index (χ2v) is 5.33. The molecule has 1 rings (SSSR count). The molecule has 0 radical (unpaired) electrons. The van der Waals surface area contributed by atoms with Gasteiger partial charge in [-0.05, 0) is 46.1 Å². The first kappa shape index (κ1) is 13.7. The Kier molecular flexibility index (Phi) is 4.96. The molecule has 1 aliphatic heterocycles. The summed E-state index contributed by atoms with van der Waals surface area (Å²) in [5.74, 6) is 0. The van der Waals surface area contributed by atoms with E-state index in [1.165, 1.54) is 0 Å². The molecule has 1 saturated heterocycles. The third-order valence-corrected chi connectivity index (χ3v) is 3.33. The molecule has 0 bridgehead atoms. The van der Waals surface area contributed by atoms with Crippen LogP contribution in [0, 0.1) is 0 Å². The maximum atomic E-state index is 10.0. The lowest BCUT2D eigenvalue weighted by Crippen LogP contribution is -2.48. The van der Waals surface area contributed by atoms with Gasteiger partial charge in [0.2, 0.25) is 0 Å². The molecule has 0 spiro atoms. The van der Waals surface area contributed by atoms with Crippen LogP contribution < -0.4 is 0 Å². The minimum absolute atomic E-state index is 0.186. The van der Waals surface area contributed by atoms with Gasteiger partial charge < -0.3 is 10.2 Å². The summed E-state index contributed by atoms with van der Waals surface area (Å²) in [6.07, 6.45) is 5.28. The predicted octanol–water partition coefficient (Wildman–Crippen LogP) is 1.55. The van der Waals surface area contributed by atoms with E-state index in [0.29, 0.717) is 6.54 Å². The molecule has 0 aromatic carbocycles. The van der Waals surface area contributed by atoms with Gasteiger partial charge in [-0.1, -0.05) is 6.08 Å². The Morgan fingerprint density at radius 1 is 1.56 bits per heavy atom. The molecule has 1 aliphatic rings. The van der Waals surface area contributed by atoms with Crippen LogP contribution in [0.4, 0.5) is 0 Å². The van der Waals surface area contributed by atoms with Gasteiger partial charge in [0.05, 0.1) is 11.7 Å². The summed E-state index contributed by atoms with van der Waals surface area (Å²) in [6, 6.07) is 0.186. The minimum atomic E-state index is -0.672. The van der Waals surface area contributed by atoms with E-state index < -0.39 is 5.60 Å². The zero-order chi connectivity index (χ0) is 12.2. The van der Waals surface area contributed by atoms with Gasteiger partial charge in [0.15, 0.2) is 0 Å². The van der Waals surface area contributed by atoms with Crippen molar-refractivity contribution in [3.63, 3.8) is 0 Å². The Morgan fingerprint density at radius 3 is 2.81 bits per heavy atom. The number of rotatable bonds is 6. The highest BCUT2D eigenvalue weighted by atomic mass is 16.3. The Morgan fingerprint density at radius 2 is 2.25 bits per heavy atom. The van der Waals surface area contributed by atoms with Crippen molar-refractivity contribution in [1.29, 1.82) is 0 Å². The monoisotopic (exact) mass is 227 g/mol. The van der Waals surface area contributed by atoms with Crippen molar-refractivity contribution in [1.82, 2.24) is 4.90 Å². The van der Waals surface area contributed by atoms with E-state index in [9.17, 15) is 10.2 Å². The largest absolute Gasteiger partial charge is 0.392 e. The first-order valence-electron chi connectivity index (χ1n) is 6.20. The number of hydrogen-bond donors (Lipinski definition) is 2. The molecule has 0 unspecified atom stereocenters. The van der Waals surface area contributed by atoms with Gasteiger partial charge in [0, 0.05) is 12.6 Å². The van der Waals surface area contributed by atoms with Gasteiger partial charge in [-0.25, -0.2) is 0 Å². The second kappa shape index (κ2) is 5.80. The van der Waals surface area contributed by atoms with E-state index >= 15 is 0 Å². The third-order valence-electron chi connectivity index (χ3n) is 3.33. The first-order chi connectivity index (χ1) is 7.45. The summed E-state index contributed by atoms with van der Waals surface area (Å²) in [6.45, 7) is 9.02. The molecule has 2 atom stereocenters. The smallest absolute Gasteiger partial charge is 0.0746 e. The lowest BCUT2D eigenvalue weighted by Gasteiger charge is -2.34. The minimum Gasteiger partial charge on any atom is -0.392 e. The first-order valence-corrected chi connectivity index (χ1v) is 6.20. The van der Waals surface area contributed by atoms with Gasteiger partial charge in [-0.15, -0.1) is 6.58 Å². The van der Waals surface area contributed by atoms with Crippen LogP contribution in [0.25, 0.3) is 0 Å². The summed E-state index contributed by atoms with van der Waals surface area (Å²) in [5.41, 5.74) is -0.672. The van der Waals surface area contributed by atoms with E-state index in [2.05, 4.69) is 11.5 Å². The molecule has 0 saturated carbocycles. The molecule has 0 amide bonds. The third kappa shape index (κ3) is 3.89. The quantitative estimate of drug-likeness (QED) is 0.677. The number of β-amino-alcohol motifs (C(OH)–C–C–N with tert-alkyl or cyclic N) is 1. The van der Waals surface area contributed by atoms with Crippen LogP contribution in [0.15, 0.2) is 12.7 Å². The number of hydrogen-bond acceptors (Lipinski definition) is 3. The van der Waals surface area contributed by atoms with Crippen LogP contribution in [0.5, 0.6) is 0 Å². The Labute approximate surface area is 98.8 Å². The lowest BCUT2D eigenvalue weighted by molar-refractivity contribution is -0.0164. The molecule has 0 aromatic rings. The maximum Gasteiger partial charge on any atom is 0.0746 e. The SMILES string of the molecule is C=CCC[C@H](O)CN1CCC[C@H]1C(C)(C)O. The second-order valence-electron chi connectivity index (χ2n) is 5.33. The molecule has 0 aliphatic carbocycles. The summed E-state index contributed by atoms with van der Waals surface area (Å²) in [5, 5.41) is 19.9. The standard InChI is InChI=1S/C13H25NO2/c1-4-5-7-11(15)10-14-9-6-8-12(14)13(2,3)16/h4,11-12,15-16H,1,5-10H2,2-3H3/t11-,12-/m0/s1. The molecule has 94 valence electrons. The van der Waals surface area contributed by atoms with Gasteiger partial charge in [-0.3, -0.25) is 4.90 Å². The molecule has 3 nitrogen and oxygen atoms in total. The predicted molar refractivity (Wildman–Crippen MR) is 66.3 cm³/mol. The average Bonchev–Trinajstić information content (AvgIpc) is 2.62. The van der Waals surface area contributed by atoms with Crippen molar-refractivity contribution in [3.05, 3.63) is 12.7 Å². The molecule has 0 aromatic heterocycles. The number of likely N-dealkylation sites (tertiary alicyclic amines) is 1. The van der Waals surface area contributed by atoms with Crippen molar-refractivity contribution < 1.29 is 10.2 Å². The normalized spacial score (nSPS) is 24.6. The Balaban J connectivity index is 2.43.